The minimum atomic E-state index is -3.43. The van der Waals surface area contributed by atoms with Crippen LogP contribution in [0.2, 0.25) is 0 Å². The zero-order valence-electron chi connectivity index (χ0n) is 9.14. The maximum Gasteiger partial charge on any atom is 0.212 e. The second-order valence-corrected chi connectivity index (χ2v) is 5.93. The van der Waals surface area contributed by atoms with Crippen molar-refractivity contribution in [1.82, 2.24) is 0 Å². The number of nitrogens with two attached hydrogens (primary N) is 1. The average molecular weight is 241 g/mol. The van der Waals surface area contributed by atoms with Gasteiger partial charge in [-0.3, -0.25) is 0 Å². The Hall–Kier alpha value is -1.07. The van der Waals surface area contributed by atoms with E-state index in [1.165, 1.54) is 5.56 Å². The van der Waals surface area contributed by atoms with E-state index < -0.39 is 15.3 Å². The molecule has 1 aliphatic carbocycles. The fourth-order valence-corrected chi connectivity index (χ4v) is 2.97. The monoisotopic (exact) mass is 241 g/mol. The third-order valence-electron chi connectivity index (χ3n) is 3.06. The summed E-state index contributed by atoms with van der Waals surface area (Å²) in [5.41, 5.74) is 2.23. The Kier molecular flexibility index (Phi) is 2.90. The molecule has 0 spiro atoms. The van der Waals surface area contributed by atoms with E-state index in [9.17, 15) is 8.42 Å². The van der Waals surface area contributed by atoms with Gasteiger partial charge in [0.15, 0.2) is 0 Å². The molecule has 5 heteroatoms. The minimum absolute atomic E-state index is 0.452. The van der Waals surface area contributed by atoms with Crippen LogP contribution in [-0.2, 0) is 22.9 Å². The van der Waals surface area contributed by atoms with E-state index in [1.807, 2.05) is 18.2 Å². The standard InChI is InChI=1S/C11H15NO3S/c1-15-10-4-2-8-3-5-11(16(12,13)14)7-9(8)6-10/h2,4,6,11H,3,5,7H2,1H3,(H2,12,13,14). The molecule has 1 aromatic carbocycles. The Balaban J connectivity index is 2.32. The van der Waals surface area contributed by atoms with Crippen molar-refractivity contribution in [2.75, 3.05) is 7.11 Å². The number of fused-ring (bicyclic) bond motifs is 1. The molecule has 2 rings (SSSR count). The number of methoxy groups -OCH3 is 1. The molecule has 1 atom stereocenters. The number of primary sulfonamides is 1. The van der Waals surface area contributed by atoms with Gasteiger partial charge in [0.2, 0.25) is 10.0 Å². The number of benzene rings is 1. The quantitative estimate of drug-likeness (QED) is 0.834. The van der Waals surface area contributed by atoms with Gasteiger partial charge in [0.05, 0.1) is 12.4 Å². The molecule has 0 bridgehead atoms. The molecule has 88 valence electrons. The lowest BCUT2D eigenvalue weighted by atomic mass is 9.91. The van der Waals surface area contributed by atoms with Crippen LogP contribution in [-0.4, -0.2) is 20.8 Å². The molecule has 0 heterocycles. The van der Waals surface area contributed by atoms with Gasteiger partial charge in [0.25, 0.3) is 0 Å². The van der Waals surface area contributed by atoms with E-state index in [0.717, 1.165) is 17.7 Å². The number of hydrogen-bond donors (Lipinski definition) is 1. The Labute approximate surface area is 95.5 Å². The molecule has 2 N–H and O–H groups in total. The zero-order chi connectivity index (χ0) is 11.8. The number of rotatable bonds is 2. The first-order chi connectivity index (χ1) is 7.50. The van der Waals surface area contributed by atoms with E-state index >= 15 is 0 Å². The lowest BCUT2D eigenvalue weighted by Crippen LogP contribution is -2.33. The second kappa shape index (κ2) is 4.07. The van der Waals surface area contributed by atoms with E-state index in [0.29, 0.717) is 12.8 Å². The summed E-state index contributed by atoms with van der Waals surface area (Å²) >= 11 is 0. The highest BCUT2D eigenvalue weighted by Crippen LogP contribution is 2.27. The third kappa shape index (κ3) is 2.20. The molecule has 0 radical (unpaired) electrons. The summed E-state index contributed by atoms with van der Waals surface area (Å²) in [4.78, 5) is 0. The van der Waals surface area contributed by atoms with Crippen molar-refractivity contribution in [1.29, 1.82) is 0 Å². The summed E-state index contributed by atoms with van der Waals surface area (Å²) in [6.45, 7) is 0. The van der Waals surface area contributed by atoms with E-state index in [2.05, 4.69) is 0 Å². The predicted octanol–water partition coefficient (Wildman–Crippen LogP) is 0.841. The lowest BCUT2D eigenvalue weighted by molar-refractivity contribution is 0.413. The van der Waals surface area contributed by atoms with Crippen LogP contribution in [0, 0.1) is 0 Å². The van der Waals surface area contributed by atoms with Gasteiger partial charge in [0, 0.05) is 0 Å². The van der Waals surface area contributed by atoms with Crippen LogP contribution in [0.15, 0.2) is 18.2 Å². The van der Waals surface area contributed by atoms with Crippen LogP contribution in [0.1, 0.15) is 17.5 Å². The fourth-order valence-electron chi connectivity index (χ4n) is 2.11. The van der Waals surface area contributed by atoms with Gasteiger partial charge in [-0.1, -0.05) is 6.07 Å². The Morgan fingerprint density at radius 1 is 1.38 bits per heavy atom. The van der Waals surface area contributed by atoms with Crippen LogP contribution in [0.4, 0.5) is 0 Å². The van der Waals surface area contributed by atoms with E-state index in [4.69, 9.17) is 9.88 Å². The summed E-state index contributed by atoms with van der Waals surface area (Å²) in [7, 11) is -1.83. The largest absolute Gasteiger partial charge is 0.497 e. The maximum atomic E-state index is 11.3. The van der Waals surface area contributed by atoms with Crippen molar-refractivity contribution in [3.63, 3.8) is 0 Å². The first-order valence-electron chi connectivity index (χ1n) is 5.18. The van der Waals surface area contributed by atoms with Crippen molar-refractivity contribution >= 4 is 10.0 Å². The molecule has 4 nitrogen and oxygen atoms in total. The Morgan fingerprint density at radius 3 is 2.75 bits per heavy atom. The zero-order valence-corrected chi connectivity index (χ0v) is 9.96. The van der Waals surface area contributed by atoms with Gasteiger partial charge in [-0.25, -0.2) is 13.6 Å². The first-order valence-corrected chi connectivity index (χ1v) is 6.79. The fraction of sp³-hybridized carbons (Fsp3) is 0.455. The molecule has 1 aliphatic rings. The van der Waals surface area contributed by atoms with Gasteiger partial charge < -0.3 is 4.74 Å². The molecular weight excluding hydrogens is 226 g/mol. The Bertz CT molecular complexity index is 496. The van der Waals surface area contributed by atoms with Gasteiger partial charge in [-0.05, 0) is 42.5 Å². The van der Waals surface area contributed by atoms with Crippen molar-refractivity contribution < 1.29 is 13.2 Å². The summed E-state index contributed by atoms with van der Waals surface area (Å²) < 4.78 is 27.7. The molecule has 0 fully saturated rings. The molecule has 0 aromatic heterocycles. The SMILES string of the molecule is COc1ccc2c(c1)CC(S(N)(=O)=O)CC2. The molecule has 0 saturated heterocycles. The average Bonchev–Trinajstić information content (AvgIpc) is 2.26. The number of aryl methyl sites for hydroxylation is 1. The Morgan fingerprint density at radius 2 is 2.12 bits per heavy atom. The lowest BCUT2D eigenvalue weighted by Gasteiger charge is -2.23. The van der Waals surface area contributed by atoms with Crippen LogP contribution in [0.3, 0.4) is 0 Å². The summed E-state index contributed by atoms with van der Waals surface area (Å²) in [6.07, 6.45) is 1.87. The summed E-state index contributed by atoms with van der Waals surface area (Å²) in [5.74, 6) is 0.758. The van der Waals surface area contributed by atoms with Crippen LogP contribution >= 0.6 is 0 Å². The summed E-state index contributed by atoms with van der Waals surface area (Å²) in [5, 5.41) is 4.73. The molecule has 16 heavy (non-hydrogen) atoms. The molecule has 1 unspecified atom stereocenters. The van der Waals surface area contributed by atoms with Crippen LogP contribution in [0.25, 0.3) is 0 Å². The number of hydrogen-bond acceptors (Lipinski definition) is 3. The highest BCUT2D eigenvalue weighted by molar-refractivity contribution is 7.89. The van der Waals surface area contributed by atoms with Gasteiger partial charge in [0.1, 0.15) is 5.75 Å². The molecule has 1 aromatic rings. The van der Waals surface area contributed by atoms with Gasteiger partial charge in [-0.15, -0.1) is 0 Å². The molecule has 0 saturated carbocycles. The second-order valence-electron chi connectivity index (χ2n) is 4.09. The smallest absolute Gasteiger partial charge is 0.212 e. The van der Waals surface area contributed by atoms with Gasteiger partial charge in [-0.2, -0.15) is 0 Å². The van der Waals surface area contributed by atoms with Crippen molar-refractivity contribution in [2.45, 2.75) is 24.5 Å². The maximum absolute atomic E-state index is 11.3. The van der Waals surface area contributed by atoms with Crippen molar-refractivity contribution in [3.05, 3.63) is 29.3 Å². The minimum Gasteiger partial charge on any atom is -0.497 e. The molecule has 0 amide bonds. The van der Waals surface area contributed by atoms with Crippen LogP contribution in [0.5, 0.6) is 5.75 Å². The highest BCUT2D eigenvalue weighted by Gasteiger charge is 2.27. The molecular formula is C11H15NO3S. The first kappa shape index (κ1) is 11.4. The predicted molar refractivity (Wildman–Crippen MR) is 61.9 cm³/mol. The molecule has 0 aliphatic heterocycles. The van der Waals surface area contributed by atoms with Crippen molar-refractivity contribution in [3.8, 4) is 5.75 Å². The number of sulfonamides is 1. The van der Waals surface area contributed by atoms with Gasteiger partial charge >= 0.3 is 0 Å². The topological polar surface area (TPSA) is 69.4 Å². The third-order valence-corrected chi connectivity index (χ3v) is 4.39. The number of ether oxygens (including phenoxy) is 1. The van der Waals surface area contributed by atoms with Crippen LogP contribution < -0.4 is 9.88 Å². The highest BCUT2D eigenvalue weighted by atomic mass is 32.2. The van der Waals surface area contributed by atoms with Crippen molar-refractivity contribution in [2.24, 2.45) is 5.14 Å². The summed E-state index contributed by atoms with van der Waals surface area (Å²) in [6, 6.07) is 5.79. The normalized spacial score (nSPS) is 20.2. The van der Waals surface area contributed by atoms with E-state index in [-0.39, 0.29) is 0 Å². The van der Waals surface area contributed by atoms with E-state index in [1.54, 1.807) is 7.11 Å².